The van der Waals surface area contributed by atoms with Gasteiger partial charge in [-0.2, -0.15) is 0 Å². The van der Waals surface area contributed by atoms with Gasteiger partial charge in [-0.05, 0) is 24.6 Å². The molecule has 2 aromatic rings. The zero-order valence-electron chi connectivity index (χ0n) is 11.6. The molecule has 0 aliphatic carbocycles. The van der Waals surface area contributed by atoms with Crippen molar-refractivity contribution in [2.45, 2.75) is 13.5 Å². The molecular formula is C14H16N4O2S. The van der Waals surface area contributed by atoms with Crippen molar-refractivity contribution in [3.8, 4) is 0 Å². The fourth-order valence-electron chi connectivity index (χ4n) is 1.85. The lowest BCUT2D eigenvalue weighted by molar-refractivity contribution is -0.118. The van der Waals surface area contributed by atoms with Crippen molar-refractivity contribution < 1.29 is 9.59 Å². The molecule has 4 N–H and O–H groups in total. The number of thiazole rings is 1. The molecule has 0 saturated heterocycles. The van der Waals surface area contributed by atoms with Gasteiger partial charge >= 0.3 is 0 Å². The third kappa shape index (κ3) is 4.03. The van der Waals surface area contributed by atoms with Gasteiger partial charge in [0.15, 0.2) is 0 Å². The van der Waals surface area contributed by atoms with E-state index in [0.29, 0.717) is 11.4 Å². The molecular weight excluding hydrogens is 288 g/mol. The maximum Gasteiger partial charge on any atom is 0.274 e. The summed E-state index contributed by atoms with van der Waals surface area (Å²) in [5, 5.41) is 2.47. The summed E-state index contributed by atoms with van der Waals surface area (Å²) >= 11 is 1.39. The van der Waals surface area contributed by atoms with Gasteiger partial charge in [0.1, 0.15) is 12.2 Å². The lowest BCUT2D eigenvalue weighted by Crippen LogP contribution is -2.38. The monoisotopic (exact) mass is 304 g/mol. The lowest BCUT2D eigenvalue weighted by Gasteiger charge is -2.20. The summed E-state index contributed by atoms with van der Waals surface area (Å²) in [5.41, 5.74) is 12.7. The molecule has 0 saturated carbocycles. The Morgan fingerprint density at radius 1 is 1.29 bits per heavy atom. The van der Waals surface area contributed by atoms with Crippen molar-refractivity contribution >= 4 is 28.8 Å². The number of aromatic nitrogens is 1. The first kappa shape index (κ1) is 15.0. The molecule has 0 radical (unpaired) electrons. The summed E-state index contributed by atoms with van der Waals surface area (Å²) in [6.45, 7) is 1.94. The molecule has 2 rings (SSSR count). The van der Waals surface area contributed by atoms with Crippen LogP contribution < -0.4 is 11.5 Å². The number of nitrogen functional groups attached to an aromatic ring is 1. The van der Waals surface area contributed by atoms with E-state index in [9.17, 15) is 9.59 Å². The number of hydrogen-bond acceptors (Lipinski definition) is 5. The van der Waals surface area contributed by atoms with E-state index >= 15 is 0 Å². The number of amides is 2. The summed E-state index contributed by atoms with van der Waals surface area (Å²) in [6.07, 6.45) is 0. The Bertz CT molecular complexity index is 651. The van der Waals surface area contributed by atoms with Crippen LogP contribution in [0.15, 0.2) is 29.6 Å². The molecule has 0 fully saturated rings. The van der Waals surface area contributed by atoms with Crippen LogP contribution in [0.4, 0.5) is 5.69 Å². The number of benzene rings is 1. The molecule has 1 aromatic heterocycles. The Morgan fingerprint density at radius 2 is 1.95 bits per heavy atom. The molecule has 0 unspecified atom stereocenters. The van der Waals surface area contributed by atoms with E-state index in [0.717, 1.165) is 10.6 Å². The van der Waals surface area contributed by atoms with E-state index in [1.54, 1.807) is 17.5 Å². The summed E-state index contributed by atoms with van der Waals surface area (Å²) in [6, 6.07) is 7.11. The van der Waals surface area contributed by atoms with Crippen molar-refractivity contribution in [2.24, 2.45) is 5.73 Å². The van der Waals surface area contributed by atoms with Crippen molar-refractivity contribution in [2.75, 3.05) is 12.3 Å². The summed E-state index contributed by atoms with van der Waals surface area (Å²) in [4.78, 5) is 29.1. The molecule has 1 aromatic carbocycles. The fourth-order valence-corrected chi connectivity index (χ4v) is 2.44. The molecule has 7 heteroatoms. The minimum atomic E-state index is -0.564. The van der Waals surface area contributed by atoms with E-state index < -0.39 is 5.91 Å². The first-order valence-corrected chi connectivity index (χ1v) is 7.18. The van der Waals surface area contributed by atoms with Crippen LogP contribution in [0, 0.1) is 6.92 Å². The Morgan fingerprint density at radius 3 is 2.48 bits per heavy atom. The fraction of sp³-hybridized carbons (Fsp3) is 0.214. The van der Waals surface area contributed by atoms with Gasteiger partial charge in [-0.25, -0.2) is 4.98 Å². The van der Waals surface area contributed by atoms with E-state index in [1.807, 2.05) is 19.1 Å². The number of primary amides is 1. The predicted molar refractivity (Wildman–Crippen MR) is 81.6 cm³/mol. The molecule has 0 bridgehead atoms. The van der Waals surface area contributed by atoms with Gasteiger partial charge in [0.2, 0.25) is 5.91 Å². The molecule has 6 nitrogen and oxygen atoms in total. The molecule has 0 aliphatic rings. The topological polar surface area (TPSA) is 102 Å². The van der Waals surface area contributed by atoms with Gasteiger partial charge in [-0.15, -0.1) is 11.3 Å². The van der Waals surface area contributed by atoms with E-state index in [1.165, 1.54) is 16.2 Å². The zero-order chi connectivity index (χ0) is 15.4. The van der Waals surface area contributed by atoms with Crippen LogP contribution in [0.2, 0.25) is 0 Å². The standard InChI is InChI=1S/C14H16N4O2S/c1-9-17-12(8-21-9)14(20)18(7-13(16)19)6-10-2-4-11(15)5-3-10/h2-5,8H,6-7,15H2,1H3,(H2,16,19). The Kier molecular flexibility index (Phi) is 4.54. The smallest absolute Gasteiger partial charge is 0.274 e. The highest BCUT2D eigenvalue weighted by atomic mass is 32.1. The van der Waals surface area contributed by atoms with Crippen LogP contribution in [0.1, 0.15) is 21.1 Å². The van der Waals surface area contributed by atoms with Crippen LogP contribution in [-0.2, 0) is 11.3 Å². The normalized spacial score (nSPS) is 10.3. The quantitative estimate of drug-likeness (QED) is 0.809. The number of anilines is 1. The molecule has 2 amide bonds. The summed E-state index contributed by atoms with van der Waals surface area (Å²) in [7, 11) is 0. The maximum atomic E-state index is 12.4. The van der Waals surface area contributed by atoms with Crippen molar-refractivity contribution in [3.63, 3.8) is 0 Å². The number of nitrogens with zero attached hydrogens (tertiary/aromatic N) is 2. The van der Waals surface area contributed by atoms with Gasteiger partial charge in [0.25, 0.3) is 5.91 Å². The lowest BCUT2D eigenvalue weighted by atomic mass is 10.2. The van der Waals surface area contributed by atoms with Crippen LogP contribution in [0.5, 0.6) is 0 Å². The number of aryl methyl sites for hydroxylation is 1. The van der Waals surface area contributed by atoms with Crippen LogP contribution in [0.3, 0.4) is 0 Å². The highest BCUT2D eigenvalue weighted by Crippen LogP contribution is 2.14. The third-order valence-electron chi connectivity index (χ3n) is 2.83. The highest BCUT2D eigenvalue weighted by molar-refractivity contribution is 7.09. The van der Waals surface area contributed by atoms with Crippen molar-refractivity contribution in [1.29, 1.82) is 0 Å². The van der Waals surface area contributed by atoms with Crippen molar-refractivity contribution in [1.82, 2.24) is 9.88 Å². The minimum Gasteiger partial charge on any atom is -0.399 e. The molecule has 0 atom stereocenters. The Hall–Kier alpha value is -2.41. The highest BCUT2D eigenvalue weighted by Gasteiger charge is 2.20. The number of rotatable bonds is 5. The minimum absolute atomic E-state index is 0.153. The average molecular weight is 304 g/mol. The van der Waals surface area contributed by atoms with Gasteiger partial charge in [-0.3, -0.25) is 9.59 Å². The third-order valence-corrected chi connectivity index (χ3v) is 3.60. The van der Waals surface area contributed by atoms with Gasteiger partial charge in [-0.1, -0.05) is 12.1 Å². The second kappa shape index (κ2) is 6.36. The van der Waals surface area contributed by atoms with Gasteiger partial charge < -0.3 is 16.4 Å². The largest absolute Gasteiger partial charge is 0.399 e. The van der Waals surface area contributed by atoms with E-state index in [-0.39, 0.29) is 19.0 Å². The Balaban J connectivity index is 2.19. The van der Waals surface area contributed by atoms with E-state index in [2.05, 4.69) is 4.98 Å². The summed E-state index contributed by atoms with van der Waals surface area (Å²) in [5.74, 6) is -0.874. The molecule has 0 spiro atoms. The predicted octanol–water partition coefficient (Wildman–Crippen LogP) is 1.16. The number of carbonyl (C=O) groups excluding carboxylic acids is 2. The van der Waals surface area contributed by atoms with E-state index in [4.69, 9.17) is 11.5 Å². The molecule has 0 aliphatic heterocycles. The van der Waals surface area contributed by atoms with Crippen LogP contribution in [-0.4, -0.2) is 28.2 Å². The second-order valence-electron chi connectivity index (χ2n) is 4.62. The SMILES string of the molecule is Cc1nc(C(=O)N(CC(N)=O)Cc2ccc(N)cc2)cs1. The molecule has 21 heavy (non-hydrogen) atoms. The van der Waals surface area contributed by atoms with Crippen molar-refractivity contribution in [3.05, 3.63) is 45.9 Å². The number of carbonyl (C=O) groups is 2. The number of hydrogen-bond donors (Lipinski definition) is 2. The maximum absolute atomic E-state index is 12.4. The zero-order valence-corrected chi connectivity index (χ0v) is 12.4. The average Bonchev–Trinajstić information content (AvgIpc) is 2.86. The van der Waals surface area contributed by atoms with Crippen LogP contribution in [0.25, 0.3) is 0 Å². The van der Waals surface area contributed by atoms with Gasteiger partial charge in [0, 0.05) is 17.6 Å². The Labute approximate surface area is 126 Å². The molecule has 1 heterocycles. The van der Waals surface area contributed by atoms with Gasteiger partial charge in [0.05, 0.1) is 5.01 Å². The first-order valence-electron chi connectivity index (χ1n) is 6.30. The van der Waals surface area contributed by atoms with Crippen LogP contribution >= 0.6 is 11.3 Å². The first-order chi connectivity index (χ1) is 9.95. The molecule has 110 valence electrons. The number of nitrogens with two attached hydrogens (primary N) is 2. The summed E-state index contributed by atoms with van der Waals surface area (Å²) < 4.78 is 0. The second-order valence-corrected chi connectivity index (χ2v) is 5.68.